The molecule has 2 nitrogen and oxygen atoms in total. The van der Waals surface area contributed by atoms with Gasteiger partial charge in [0, 0.05) is 13.0 Å². The summed E-state index contributed by atoms with van der Waals surface area (Å²) in [4.78, 5) is 10.7. The molecule has 2 rings (SSSR count). The molecule has 0 radical (unpaired) electrons. The van der Waals surface area contributed by atoms with E-state index in [1.54, 1.807) is 0 Å². The van der Waals surface area contributed by atoms with E-state index in [2.05, 4.69) is 12.2 Å². The molecule has 0 spiro atoms. The largest absolute Gasteiger partial charge is 0.356 e. The molecule has 0 bridgehead atoms. The molecule has 1 heterocycles. The van der Waals surface area contributed by atoms with Crippen LogP contribution in [-0.4, -0.2) is 12.5 Å². The molecule has 1 saturated carbocycles. The summed E-state index contributed by atoms with van der Waals surface area (Å²) in [7, 11) is 0. The highest BCUT2D eigenvalue weighted by atomic mass is 16.1. The maximum atomic E-state index is 10.7. The molecule has 2 fully saturated rings. The van der Waals surface area contributed by atoms with Crippen LogP contribution in [0.4, 0.5) is 0 Å². The number of hydrogen-bond acceptors (Lipinski definition) is 1. The highest BCUT2D eigenvalue weighted by Crippen LogP contribution is 2.55. The van der Waals surface area contributed by atoms with Gasteiger partial charge in [0.1, 0.15) is 0 Å². The molecule has 0 aromatic heterocycles. The van der Waals surface area contributed by atoms with Gasteiger partial charge in [-0.2, -0.15) is 0 Å². The highest BCUT2D eigenvalue weighted by molar-refractivity contribution is 5.78. The number of piperidine rings is 1. The Morgan fingerprint density at radius 1 is 1.78 bits per heavy atom. The first kappa shape index (κ1) is 5.27. The summed E-state index contributed by atoms with van der Waals surface area (Å²) < 4.78 is 0. The molecular formula is C7H11NO. The van der Waals surface area contributed by atoms with Crippen molar-refractivity contribution in [1.29, 1.82) is 0 Å². The van der Waals surface area contributed by atoms with Gasteiger partial charge in [-0.05, 0) is 17.8 Å². The summed E-state index contributed by atoms with van der Waals surface area (Å²) in [6.45, 7) is 3.16. The SMILES string of the molecule is CC12CNC(=O)CC1C2. The van der Waals surface area contributed by atoms with Gasteiger partial charge < -0.3 is 5.32 Å². The maximum absolute atomic E-state index is 10.7. The van der Waals surface area contributed by atoms with Crippen molar-refractivity contribution < 1.29 is 4.79 Å². The molecule has 9 heavy (non-hydrogen) atoms. The van der Waals surface area contributed by atoms with Crippen LogP contribution in [0.25, 0.3) is 0 Å². The third-order valence-electron chi connectivity index (χ3n) is 2.66. The van der Waals surface area contributed by atoms with E-state index in [1.165, 1.54) is 6.42 Å². The van der Waals surface area contributed by atoms with Crippen LogP contribution in [0.15, 0.2) is 0 Å². The predicted molar refractivity (Wildman–Crippen MR) is 33.8 cm³/mol. The van der Waals surface area contributed by atoms with Crippen molar-refractivity contribution in [3.05, 3.63) is 0 Å². The fourth-order valence-corrected chi connectivity index (χ4v) is 1.64. The molecule has 2 aliphatic rings. The van der Waals surface area contributed by atoms with Gasteiger partial charge in [-0.15, -0.1) is 0 Å². The normalized spacial score (nSPS) is 47.7. The van der Waals surface area contributed by atoms with Gasteiger partial charge in [-0.3, -0.25) is 4.79 Å². The van der Waals surface area contributed by atoms with Crippen molar-refractivity contribution >= 4 is 5.91 Å². The lowest BCUT2D eigenvalue weighted by atomic mass is 10.0. The monoisotopic (exact) mass is 125 g/mol. The number of carbonyl (C=O) groups is 1. The Morgan fingerprint density at radius 3 is 3.11 bits per heavy atom. The average molecular weight is 125 g/mol. The Balaban J connectivity index is 2.08. The number of nitrogens with one attached hydrogen (secondary N) is 1. The Hall–Kier alpha value is -0.530. The minimum Gasteiger partial charge on any atom is -0.356 e. The Bertz CT molecular complexity index is 166. The topological polar surface area (TPSA) is 29.1 Å². The molecule has 1 saturated heterocycles. The van der Waals surface area contributed by atoms with Crippen LogP contribution in [-0.2, 0) is 4.79 Å². The molecule has 1 amide bonds. The summed E-state index contributed by atoms with van der Waals surface area (Å²) in [6, 6.07) is 0. The van der Waals surface area contributed by atoms with E-state index in [0.29, 0.717) is 11.3 Å². The van der Waals surface area contributed by atoms with E-state index in [9.17, 15) is 4.79 Å². The second-order valence-corrected chi connectivity index (χ2v) is 3.54. The average Bonchev–Trinajstić information content (AvgIpc) is 2.41. The first-order chi connectivity index (χ1) is 4.21. The molecular weight excluding hydrogens is 114 g/mol. The van der Waals surface area contributed by atoms with E-state index in [-0.39, 0.29) is 5.91 Å². The quantitative estimate of drug-likeness (QED) is 0.502. The van der Waals surface area contributed by atoms with Crippen LogP contribution in [0.2, 0.25) is 0 Å². The maximum Gasteiger partial charge on any atom is 0.220 e. The van der Waals surface area contributed by atoms with Crippen molar-refractivity contribution in [2.75, 3.05) is 6.54 Å². The second kappa shape index (κ2) is 1.31. The number of hydrogen-bond donors (Lipinski definition) is 1. The first-order valence-corrected chi connectivity index (χ1v) is 3.47. The van der Waals surface area contributed by atoms with E-state index in [1.807, 2.05) is 0 Å². The lowest BCUT2D eigenvalue weighted by Gasteiger charge is -2.17. The van der Waals surface area contributed by atoms with Gasteiger partial charge >= 0.3 is 0 Å². The van der Waals surface area contributed by atoms with Crippen LogP contribution in [0, 0.1) is 11.3 Å². The van der Waals surface area contributed by atoms with Gasteiger partial charge in [0.05, 0.1) is 0 Å². The smallest absolute Gasteiger partial charge is 0.220 e. The third-order valence-corrected chi connectivity index (χ3v) is 2.66. The van der Waals surface area contributed by atoms with Crippen LogP contribution in [0.5, 0.6) is 0 Å². The van der Waals surface area contributed by atoms with Gasteiger partial charge in [-0.1, -0.05) is 6.92 Å². The van der Waals surface area contributed by atoms with Gasteiger partial charge in [-0.25, -0.2) is 0 Å². The minimum atomic E-state index is 0.245. The van der Waals surface area contributed by atoms with Crippen molar-refractivity contribution in [2.45, 2.75) is 19.8 Å². The summed E-state index contributed by atoms with van der Waals surface area (Å²) in [5, 5.41) is 2.88. The summed E-state index contributed by atoms with van der Waals surface area (Å²) >= 11 is 0. The Morgan fingerprint density at radius 2 is 2.56 bits per heavy atom. The van der Waals surface area contributed by atoms with Crippen LogP contribution in [0.3, 0.4) is 0 Å². The summed E-state index contributed by atoms with van der Waals surface area (Å²) in [6.07, 6.45) is 2.03. The molecule has 0 aromatic rings. The summed E-state index contributed by atoms with van der Waals surface area (Å²) in [5.74, 6) is 0.959. The van der Waals surface area contributed by atoms with Gasteiger partial charge in [0.2, 0.25) is 5.91 Å². The fraction of sp³-hybridized carbons (Fsp3) is 0.857. The molecule has 2 unspecified atom stereocenters. The highest BCUT2D eigenvalue weighted by Gasteiger charge is 2.52. The van der Waals surface area contributed by atoms with Crippen LogP contribution < -0.4 is 5.32 Å². The number of rotatable bonds is 0. The molecule has 2 atom stereocenters. The zero-order valence-electron chi connectivity index (χ0n) is 5.61. The molecule has 0 aromatic carbocycles. The van der Waals surface area contributed by atoms with Crippen LogP contribution >= 0.6 is 0 Å². The van der Waals surface area contributed by atoms with Crippen molar-refractivity contribution in [3.63, 3.8) is 0 Å². The summed E-state index contributed by atoms with van der Waals surface area (Å²) in [5.41, 5.74) is 0.494. The zero-order valence-corrected chi connectivity index (χ0v) is 5.61. The van der Waals surface area contributed by atoms with E-state index in [4.69, 9.17) is 0 Å². The number of amides is 1. The van der Waals surface area contributed by atoms with Gasteiger partial charge in [0.25, 0.3) is 0 Å². The van der Waals surface area contributed by atoms with E-state index < -0.39 is 0 Å². The first-order valence-electron chi connectivity index (χ1n) is 3.47. The number of carbonyl (C=O) groups excluding carboxylic acids is 1. The standard InChI is InChI=1S/C7H11NO/c1-7-3-5(7)2-6(9)8-4-7/h5H,2-4H2,1H3,(H,8,9). The lowest BCUT2D eigenvalue weighted by Crippen LogP contribution is -2.34. The van der Waals surface area contributed by atoms with E-state index >= 15 is 0 Å². The van der Waals surface area contributed by atoms with Crippen molar-refractivity contribution in [2.24, 2.45) is 11.3 Å². The van der Waals surface area contributed by atoms with Crippen molar-refractivity contribution in [3.8, 4) is 0 Å². The van der Waals surface area contributed by atoms with Crippen molar-refractivity contribution in [1.82, 2.24) is 5.32 Å². The van der Waals surface area contributed by atoms with E-state index in [0.717, 1.165) is 13.0 Å². The van der Waals surface area contributed by atoms with Gasteiger partial charge in [0.15, 0.2) is 0 Å². The lowest BCUT2D eigenvalue weighted by molar-refractivity contribution is -0.123. The van der Waals surface area contributed by atoms with Crippen LogP contribution in [0.1, 0.15) is 19.8 Å². The minimum absolute atomic E-state index is 0.245. The molecule has 1 N–H and O–H groups in total. The molecule has 2 heteroatoms. The zero-order chi connectivity index (χ0) is 6.48. The Labute approximate surface area is 54.6 Å². The third kappa shape index (κ3) is 0.655. The Kier molecular flexibility index (Phi) is 0.765. The predicted octanol–water partition coefficient (Wildman–Crippen LogP) is 0.532. The second-order valence-electron chi connectivity index (χ2n) is 3.54. The number of fused-ring (bicyclic) bond motifs is 1. The molecule has 50 valence electrons. The fourth-order valence-electron chi connectivity index (χ4n) is 1.64. The molecule has 1 aliphatic carbocycles. The molecule has 1 aliphatic heterocycles.